The van der Waals surface area contributed by atoms with Crippen molar-refractivity contribution >= 4 is 11.8 Å². The minimum atomic E-state index is -0.112. The minimum absolute atomic E-state index is 0.0621. The normalized spacial score (nSPS) is 15.6. The molecule has 1 N–H and O–H groups in total. The van der Waals surface area contributed by atoms with E-state index in [0.29, 0.717) is 26.1 Å². The van der Waals surface area contributed by atoms with E-state index >= 15 is 0 Å². The maximum atomic E-state index is 12.1. The molecule has 1 aromatic carbocycles. The van der Waals surface area contributed by atoms with Gasteiger partial charge in [0.25, 0.3) is 0 Å². The van der Waals surface area contributed by atoms with Crippen molar-refractivity contribution in [3.63, 3.8) is 0 Å². The summed E-state index contributed by atoms with van der Waals surface area (Å²) in [5.74, 6) is 1.49. The average Bonchev–Trinajstić information content (AvgIpc) is 2.90. The molecule has 0 saturated carbocycles. The van der Waals surface area contributed by atoms with E-state index in [4.69, 9.17) is 9.47 Å². The zero-order chi connectivity index (χ0) is 14.8. The van der Waals surface area contributed by atoms with Gasteiger partial charge in [-0.3, -0.25) is 9.59 Å². The summed E-state index contributed by atoms with van der Waals surface area (Å²) < 4.78 is 10.7. The standard InChI is InChI=1S/C15H18N2O4/c1-10(18)16-4-2-15(19)17-5-3-11-6-13-14(21-9-20-13)7-12(11)8-17/h6-7H,2-5,8-9H2,1H3,(H,16,18). The molecule has 3 rings (SSSR count). The molecule has 0 radical (unpaired) electrons. The van der Waals surface area contributed by atoms with E-state index < -0.39 is 0 Å². The second-order valence-corrected chi connectivity index (χ2v) is 5.27. The van der Waals surface area contributed by atoms with E-state index in [1.165, 1.54) is 12.5 Å². The second kappa shape index (κ2) is 5.63. The molecule has 6 nitrogen and oxygen atoms in total. The molecule has 1 aromatic rings. The highest BCUT2D eigenvalue weighted by Crippen LogP contribution is 2.36. The summed E-state index contributed by atoms with van der Waals surface area (Å²) >= 11 is 0. The SMILES string of the molecule is CC(=O)NCCC(=O)N1CCc2cc3c(cc2C1)OCO3. The largest absolute Gasteiger partial charge is 0.454 e. The zero-order valence-corrected chi connectivity index (χ0v) is 12.0. The molecule has 0 fully saturated rings. The third-order valence-electron chi connectivity index (χ3n) is 3.77. The Morgan fingerprint density at radius 2 is 1.95 bits per heavy atom. The lowest BCUT2D eigenvalue weighted by molar-refractivity contribution is -0.132. The van der Waals surface area contributed by atoms with Crippen LogP contribution in [0.3, 0.4) is 0 Å². The fourth-order valence-corrected chi connectivity index (χ4v) is 2.66. The molecule has 112 valence electrons. The van der Waals surface area contributed by atoms with Gasteiger partial charge in [-0.2, -0.15) is 0 Å². The Morgan fingerprint density at radius 1 is 1.24 bits per heavy atom. The molecule has 2 heterocycles. The number of hydrogen-bond acceptors (Lipinski definition) is 4. The Bertz CT molecular complexity index is 585. The first-order valence-corrected chi connectivity index (χ1v) is 7.07. The maximum absolute atomic E-state index is 12.1. The lowest BCUT2D eigenvalue weighted by Gasteiger charge is -2.29. The molecule has 2 aliphatic rings. The van der Waals surface area contributed by atoms with Gasteiger partial charge < -0.3 is 19.7 Å². The van der Waals surface area contributed by atoms with Gasteiger partial charge in [-0.15, -0.1) is 0 Å². The van der Waals surface area contributed by atoms with Gasteiger partial charge in [0.2, 0.25) is 18.6 Å². The third kappa shape index (κ3) is 2.94. The molecule has 6 heteroatoms. The number of benzene rings is 1. The van der Waals surface area contributed by atoms with Gasteiger partial charge in [-0.25, -0.2) is 0 Å². The van der Waals surface area contributed by atoms with Gasteiger partial charge >= 0.3 is 0 Å². The molecule has 0 saturated heterocycles. The van der Waals surface area contributed by atoms with E-state index in [9.17, 15) is 9.59 Å². The van der Waals surface area contributed by atoms with Crippen LogP contribution in [0.15, 0.2) is 12.1 Å². The molecule has 0 aromatic heterocycles. The first-order valence-electron chi connectivity index (χ1n) is 7.07. The smallest absolute Gasteiger partial charge is 0.231 e. The molecule has 2 amide bonds. The average molecular weight is 290 g/mol. The van der Waals surface area contributed by atoms with Crippen molar-refractivity contribution in [2.75, 3.05) is 19.9 Å². The fourth-order valence-electron chi connectivity index (χ4n) is 2.66. The fraction of sp³-hybridized carbons (Fsp3) is 0.467. The van der Waals surface area contributed by atoms with Gasteiger partial charge in [-0.05, 0) is 29.7 Å². The monoisotopic (exact) mass is 290 g/mol. The van der Waals surface area contributed by atoms with E-state index in [2.05, 4.69) is 5.32 Å². The first kappa shape index (κ1) is 13.7. The molecule has 0 bridgehead atoms. The Kier molecular flexibility index (Phi) is 3.68. The minimum Gasteiger partial charge on any atom is -0.454 e. The van der Waals surface area contributed by atoms with Crippen LogP contribution in [0.25, 0.3) is 0 Å². The van der Waals surface area contributed by atoms with Crippen molar-refractivity contribution in [1.82, 2.24) is 10.2 Å². The van der Waals surface area contributed by atoms with Crippen molar-refractivity contribution in [2.24, 2.45) is 0 Å². The second-order valence-electron chi connectivity index (χ2n) is 5.27. The summed E-state index contributed by atoms with van der Waals surface area (Å²) in [5, 5.41) is 2.65. The number of hydrogen-bond donors (Lipinski definition) is 1. The van der Waals surface area contributed by atoms with Crippen LogP contribution in [-0.2, 0) is 22.6 Å². The molecule has 0 aliphatic carbocycles. The summed E-state index contributed by atoms with van der Waals surface area (Å²) in [5.41, 5.74) is 2.32. The Balaban J connectivity index is 1.64. The van der Waals surface area contributed by atoms with Crippen molar-refractivity contribution in [2.45, 2.75) is 26.3 Å². The van der Waals surface area contributed by atoms with Gasteiger partial charge in [0, 0.05) is 33.0 Å². The van der Waals surface area contributed by atoms with Crippen LogP contribution in [0.4, 0.5) is 0 Å². The van der Waals surface area contributed by atoms with Crippen LogP contribution in [0.5, 0.6) is 11.5 Å². The highest BCUT2D eigenvalue weighted by atomic mass is 16.7. The van der Waals surface area contributed by atoms with Gasteiger partial charge in [0.05, 0.1) is 0 Å². The summed E-state index contributed by atoms with van der Waals surface area (Å²) in [6, 6.07) is 3.97. The van der Waals surface area contributed by atoms with E-state index in [1.807, 2.05) is 17.0 Å². The number of carbonyl (C=O) groups excluding carboxylic acids is 2. The van der Waals surface area contributed by atoms with E-state index in [1.54, 1.807) is 0 Å². The Morgan fingerprint density at radius 3 is 2.67 bits per heavy atom. The van der Waals surface area contributed by atoms with Crippen LogP contribution in [0, 0.1) is 0 Å². The number of nitrogens with one attached hydrogen (secondary N) is 1. The highest BCUT2D eigenvalue weighted by Gasteiger charge is 2.24. The van der Waals surface area contributed by atoms with Crippen LogP contribution in [-0.4, -0.2) is 36.6 Å². The number of ether oxygens (including phenoxy) is 2. The number of rotatable bonds is 3. The van der Waals surface area contributed by atoms with Gasteiger partial charge in [0.1, 0.15) is 0 Å². The number of fused-ring (bicyclic) bond motifs is 2. The first-order chi connectivity index (χ1) is 10.1. The van der Waals surface area contributed by atoms with E-state index in [-0.39, 0.29) is 18.6 Å². The molecule has 0 unspecified atom stereocenters. The van der Waals surface area contributed by atoms with Crippen LogP contribution in [0.1, 0.15) is 24.5 Å². The number of nitrogens with zero attached hydrogens (tertiary/aromatic N) is 1. The summed E-state index contributed by atoms with van der Waals surface area (Å²) in [6.07, 6.45) is 1.15. The molecular formula is C15H18N2O4. The number of carbonyl (C=O) groups is 2. The maximum Gasteiger partial charge on any atom is 0.231 e. The highest BCUT2D eigenvalue weighted by molar-refractivity contribution is 5.78. The van der Waals surface area contributed by atoms with Gasteiger partial charge in [0.15, 0.2) is 11.5 Å². The van der Waals surface area contributed by atoms with Gasteiger partial charge in [-0.1, -0.05) is 0 Å². The summed E-state index contributed by atoms with van der Waals surface area (Å²) in [6.45, 7) is 3.39. The zero-order valence-electron chi connectivity index (χ0n) is 12.0. The molecule has 21 heavy (non-hydrogen) atoms. The Hall–Kier alpha value is -2.24. The lowest BCUT2D eigenvalue weighted by atomic mass is 9.98. The van der Waals surface area contributed by atoms with Crippen LogP contribution < -0.4 is 14.8 Å². The predicted molar refractivity (Wildman–Crippen MR) is 75.0 cm³/mol. The lowest BCUT2D eigenvalue weighted by Crippen LogP contribution is -2.37. The topological polar surface area (TPSA) is 67.9 Å². The molecular weight excluding hydrogens is 272 g/mol. The quantitative estimate of drug-likeness (QED) is 0.895. The van der Waals surface area contributed by atoms with Crippen LogP contribution in [0.2, 0.25) is 0 Å². The third-order valence-corrected chi connectivity index (χ3v) is 3.77. The molecule has 2 aliphatic heterocycles. The Labute approximate surface area is 123 Å². The molecule has 0 spiro atoms. The number of amides is 2. The van der Waals surface area contributed by atoms with Crippen molar-refractivity contribution in [3.8, 4) is 11.5 Å². The van der Waals surface area contributed by atoms with Crippen molar-refractivity contribution in [1.29, 1.82) is 0 Å². The summed E-state index contributed by atoms with van der Waals surface area (Å²) in [4.78, 5) is 24.8. The van der Waals surface area contributed by atoms with Crippen molar-refractivity contribution in [3.05, 3.63) is 23.3 Å². The van der Waals surface area contributed by atoms with Crippen LogP contribution >= 0.6 is 0 Å². The van der Waals surface area contributed by atoms with E-state index in [0.717, 1.165) is 23.5 Å². The van der Waals surface area contributed by atoms with Crippen molar-refractivity contribution < 1.29 is 19.1 Å². The predicted octanol–water partition coefficient (Wildman–Crippen LogP) is 0.826. The summed E-state index contributed by atoms with van der Waals surface area (Å²) in [7, 11) is 0. The molecule has 0 atom stereocenters.